The van der Waals surface area contributed by atoms with E-state index in [1.165, 1.54) is 16.7 Å². The number of hydrogen-bond acceptors (Lipinski definition) is 2. The Morgan fingerprint density at radius 2 is 1.14 bits per heavy atom. The van der Waals surface area contributed by atoms with Gasteiger partial charge in [-0.05, 0) is 43.1 Å². The van der Waals surface area contributed by atoms with Crippen LogP contribution in [0.3, 0.4) is 0 Å². The zero-order valence-electron chi connectivity index (χ0n) is 17.3. The monoisotopic (exact) mass is 385 g/mol. The molecule has 0 aromatic heterocycles. The molecule has 0 unspecified atom stereocenters. The van der Waals surface area contributed by atoms with Crippen molar-refractivity contribution >= 4 is 5.78 Å². The van der Waals surface area contributed by atoms with Gasteiger partial charge in [0, 0.05) is 12.8 Å². The minimum Gasteiger partial charge on any atom is -0.320 e. The summed E-state index contributed by atoms with van der Waals surface area (Å²) in [7, 11) is 1.97. The predicted molar refractivity (Wildman–Crippen MR) is 121 cm³/mol. The first-order valence-electron chi connectivity index (χ1n) is 10.6. The van der Waals surface area contributed by atoms with E-state index in [4.69, 9.17) is 0 Å². The minimum atomic E-state index is -0.466. The molecular weight excluding hydrogens is 354 g/mol. The normalized spacial score (nSPS) is 11.3. The van der Waals surface area contributed by atoms with Crippen LogP contribution in [-0.2, 0) is 10.2 Å². The van der Waals surface area contributed by atoms with Crippen LogP contribution in [-0.4, -0.2) is 19.4 Å². The Morgan fingerprint density at radius 1 is 0.690 bits per heavy atom. The zero-order valence-corrected chi connectivity index (χ0v) is 17.3. The summed E-state index contributed by atoms with van der Waals surface area (Å²) in [5.74, 6) is 0.325. The van der Waals surface area contributed by atoms with Crippen molar-refractivity contribution in [2.24, 2.45) is 0 Å². The van der Waals surface area contributed by atoms with Crippen molar-refractivity contribution in [3.8, 4) is 0 Å². The molecule has 0 fully saturated rings. The maximum absolute atomic E-state index is 13.2. The Bertz CT molecular complexity index is 762. The molecule has 0 saturated heterocycles. The molecule has 2 heteroatoms. The van der Waals surface area contributed by atoms with Gasteiger partial charge in [0.2, 0.25) is 0 Å². The topological polar surface area (TPSA) is 29.1 Å². The molecule has 0 atom stereocenters. The first kappa shape index (κ1) is 21.0. The average Bonchev–Trinajstić information content (AvgIpc) is 2.79. The number of carbonyl (C=O) groups is 1. The van der Waals surface area contributed by atoms with Gasteiger partial charge in [-0.3, -0.25) is 4.79 Å². The maximum atomic E-state index is 13.2. The van der Waals surface area contributed by atoms with E-state index in [2.05, 4.69) is 78.1 Å². The van der Waals surface area contributed by atoms with Gasteiger partial charge in [0.25, 0.3) is 0 Å². The van der Waals surface area contributed by atoms with Crippen molar-refractivity contribution < 1.29 is 4.79 Å². The van der Waals surface area contributed by atoms with Gasteiger partial charge >= 0.3 is 0 Å². The fourth-order valence-electron chi connectivity index (χ4n) is 4.16. The van der Waals surface area contributed by atoms with E-state index in [9.17, 15) is 4.79 Å². The van der Waals surface area contributed by atoms with Crippen LogP contribution in [0.1, 0.15) is 48.8 Å². The molecule has 3 aromatic carbocycles. The molecule has 3 rings (SSSR count). The Hall–Kier alpha value is -2.71. The summed E-state index contributed by atoms with van der Waals surface area (Å²) in [4.78, 5) is 13.2. The van der Waals surface area contributed by atoms with Gasteiger partial charge in [0.1, 0.15) is 5.78 Å². The van der Waals surface area contributed by atoms with Gasteiger partial charge in [-0.25, -0.2) is 0 Å². The van der Waals surface area contributed by atoms with Gasteiger partial charge in [-0.1, -0.05) is 97.4 Å². The molecule has 2 nitrogen and oxygen atoms in total. The molecule has 1 N–H and O–H groups in total. The van der Waals surface area contributed by atoms with Crippen LogP contribution in [0.25, 0.3) is 0 Å². The SMILES string of the molecule is CNCCCCCC(=O)CC(c1ccccc1)(c1ccccc1)c1ccccc1. The van der Waals surface area contributed by atoms with E-state index in [0.717, 1.165) is 25.8 Å². The number of unbranched alkanes of at least 4 members (excludes halogenated alkanes) is 2. The Labute approximate surface area is 175 Å². The van der Waals surface area contributed by atoms with Gasteiger partial charge in [-0.15, -0.1) is 0 Å². The number of nitrogens with one attached hydrogen (secondary N) is 1. The van der Waals surface area contributed by atoms with Crippen molar-refractivity contribution in [3.63, 3.8) is 0 Å². The molecule has 0 radical (unpaired) electrons. The van der Waals surface area contributed by atoms with E-state index < -0.39 is 5.41 Å². The highest BCUT2D eigenvalue weighted by molar-refractivity contribution is 5.82. The van der Waals surface area contributed by atoms with Gasteiger partial charge < -0.3 is 5.32 Å². The number of ketones is 1. The second kappa shape index (κ2) is 10.7. The lowest BCUT2D eigenvalue weighted by atomic mass is 9.66. The first-order valence-corrected chi connectivity index (χ1v) is 10.6. The van der Waals surface area contributed by atoms with Gasteiger partial charge in [0.05, 0.1) is 5.41 Å². The summed E-state index contributed by atoms with van der Waals surface area (Å²) in [6, 6.07) is 31.4. The van der Waals surface area contributed by atoms with Crippen molar-refractivity contribution in [2.45, 2.75) is 37.5 Å². The van der Waals surface area contributed by atoms with Gasteiger partial charge in [0.15, 0.2) is 0 Å². The second-order valence-corrected chi connectivity index (χ2v) is 7.63. The largest absolute Gasteiger partial charge is 0.320 e. The van der Waals surface area contributed by atoms with Crippen LogP contribution in [0.2, 0.25) is 0 Å². The maximum Gasteiger partial charge on any atom is 0.134 e. The molecule has 3 aromatic rings. The lowest BCUT2D eigenvalue weighted by Gasteiger charge is -2.35. The van der Waals surface area contributed by atoms with Gasteiger partial charge in [-0.2, -0.15) is 0 Å². The van der Waals surface area contributed by atoms with E-state index in [1.807, 2.05) is 25.2 Å². The van der Waals surface area contributed by atoms with Crippen LogP contribution in [0, 0.1) is 0 Å². The smallest absolute Gasteiger partial charge is 0.134 e. The summed E-state index contributed by atoms with van der Waals surface area (Å²) in [5.41, 5.74) is 3.04. The first-order chi connectivity index (χ1) is 14.3. The number of hydrogen-bond donors (Lipinski definition) is 1. The molecule has 0 aliphatic heterocycles. The number of carbonyl (C=O) groups excluding carboxylic acids is 1. The molecule has 0 heterocycles. The van der Waals surface area contributed by atoms with Crippen molar-refractivity contribution in [1.82, 2.24) is 5.32 Å². The molecule has 0 aliphatic rings. The molecule has 0 bridgehead atoms. The zero-order chi connectivity index (χ0) is 20.4. The van der Waals surface area contributed by atoms with E-state index in [-0.39, 0.29) is 0 Å². The molecule has 29 heavy (non-hydrogen) atoms. The van der Waals surface area contributed by atoms with Crippen LogP contribution in [0.15, 0.2) is 91.0 Å². The highest BCUT2D eigenvalue weighted by atomic mass is 16.1. The lowest BCUT2D eigenvalue weighted by molar-refractivity contribution is -0.119. The summed E-state index contributed by atoms with van der Waals surface area (Å²) in [5, 5.41) is 3.17. The highest BCUT2D eigenvalue weighted by Gasteiger charge is 2.37. The van der Waals surface area contributed by atoms with Crippen molar-refractivity contribution in [3.05, 3.63) is 108 Å². The third-order valence-electron chi connectivity index (χ3n) is 5.64. The summed E-state index contributed by atoms with van der Waals surface area (Å²) < 4.78 is 0. The van der Waals surface area contributed by atoms with Crippen LogP contribution in [0.4, 0.5) is 0 Å². The standard InChI is InChI=1S/C27H31NO/c1-28-21-13-5-12-20-26(29)22-27(23-14-6-2-7-15-23,24-16-8-3-9-17-24)25-18-10-4-11-19-25/h2-4,6-11,14-19,28H,5,12-13,20-22H2,1H3. The highest BCUT2D eigenvalue weighted by Crippen LogP contribution is 2.42. The third-order valence-corrected chi connectivity index (χ3v) is 5.64. The Kier molecular flexibility index (Phi) is 7.77. The van der Waals surface area contributed by atoms with Crippen molar-refractivity contribution in [1.29, 1.82) is 0 Å². The Balaban J connectivity index is 1.98. The third kappa shape index (κ3) is 5.21. The summed E-state index contributed by atoms with van der Waals surface area (Å²) in [6.07, 6.45) is 4.27. The fraction of sp³-hybridized carbons (Fsp3) is 0.296. The minimum absolute atomic E-state index is 0.325. The van der Waals surface area contributed by atoms with Crippen LogP contribution in [0.5, 0.6) is 0 Å². The Morgan fingerprint density at radius 3 is 1.55 bits per heavy atom. The quantitative estimate of drug-likeness (QED) is 0.336. The second-order valence-electron chi connectivity index (χ2n) is 7.63. The van der Waals surface area contributed by atoms with Crippen molar-refractivity contribution in [2.75, 3.05) is 13.6 Å². The number of Topliss-reactive ketones (excluding diaryl/α,β-unsaturated/α-hetero) is 1. The number of rotatable bonds is 11. The molecule has 0 amide bonds. The lowest BCUT2D eigenvalue weighted by Crippen LogP contribution is -2.32. The van der Waals surface area contributed by atoms with Crippen LogP contribution < -0.4 is 5.32 Å². The van der Waals surface area contributed by atoms with E-state index >= 15 is 0 Å². The fourth-order valence-corrected chi connectivity index (χ4v) is 4.16. The molecular formula is C27H31NO. The molecule has 0 saturated carbocycles. The molecule has 150 valence electrons. The van der Waals surface area contributed by atoms with E-state index in [0.29, 0.717) is 18.6 Å². The summed E-state index contributed by atoms with van der Waals surface area (Å²) in [6.45, 7) is 1.01. The molecule has 0 aliphatic carbocycles. The van der Waals surface area contributed by atoms with E-state index in [1.54, 1.807) is 0 Å². The summed E-state index contributed by atoms with van der Waals surface area (Å²) >= 11 is 0. The van der Waals surface area contributed by atoms with Crippen LogP contribution >= 0.6 is 0 Å². The predicted octanol–water partition coefficient (Wildman–Crippen LogP) is 5.76. The molecule has 0 spiro atoms. The number of benzene rings is 3. The average molecular weight is 386 g/mol.